The first-order valence-electron chi connectivity index (χ1n) is 9.23. The fourth-order valence-corrected chi connectivity index (χ4v) is 2.50. The molecule has 6 heteroatoms. The average Bonchev–Trinajstić information content (AvgIpc) is 3.05. The number of hydrogen-bond acceptors (Lipinski definition) is 3. The van der Waals surface area contributed by atoms with Crippen LogP contribution in [0.1, 0.15) is 54.9 Å². The van der Waals surface area contributed by atoms with Crippen LogP contribution in [-0.4, -0.2) is 22.3 Å². The number of carbonyl (C=O) groups excluding carboxylic acids is 1. The molecule has 1 heterocycles. The lowest BCUT2D eigenvalue weighted by molar-refractivity contribution is 0.0941. The summed E-state index contributed by atoms with van der Waals surface area (Å²) in [5, 5.41) is 6.98. The van der Waals surface area contributed by atoms with Crippen molar-refractivity contribution in [2.24, 2.45) is 7.05 Å². The Hall–Kier alpha value is -2.81. The predicted molar refractivity (Wildman–Crippen MR) is 103 cm³/mol. The van der Waals surface area contributed by atoms with E-state index in [1.165, 1.54) is 4.68 Å². The Balaban J connectivity index is 1.94. The molecule has 0 atom stereocenters. The number of unbranched alkanes of at least 4 members (excludes halogenated alkanes) is 1. The van der Waals surface area contributed by atoms with Gasteiger partial charge in [-0.3, -0.25) is 9.48 Å². The predicted octanol–water partition coefficient (Wildman–Crippen LogP) is 3.62. The molecule has 0 bridgehead atoms. The van der Waals surface area contributed by atoms with E-state index in [9.17, 15) is 9.18 Å². The van der Waals surface area contributed by atoms with Crippen molar-refractivity contribution in [1.82, 2.24) is 15.1 Å². The zero-order chi connectivity index (χ0) is 19.6. The number of nitrogens with one attached hydrogen (secondary N) is 1. The third kappa shape index (κ3) is 5.85. The summed E-state index contributed by atoms with van der Waals surface area (Å²) in [6.07, 6.45) is 3.19. The van der Waals surface area contributed by atoms with Crippen LogP contribution in [0, 0.1) is 17.7 Å². The fraction of sp³-hybridized carbons (Fsp3) is 0.429. The van der Waals surface area contributed by atoms with E-state index in [4.69, 9.17) is 4.74 Å². The lowest BCUT2D eigenvalue weighted by atomic mass is 10.2. The van der Waals surface area contributed by atoms with Gasteiger partial charge in [0.1, 0.15) is 5.69 Å². The number of benzene rings is 1. The first-order chi connectivity index (χ1) is 13.1. The third-order valence-corrected chi connectivity index (χ3v) is 3.99. The van der Waals surface area contributed by atoms with E-state index in [1.807, 2.05) is 6.92 Å². The van der Waals surface area contributed by atoms with Crippen LogP contribution >= 0.6 is 0 Å². The van der Waals surface area contributed by atoms with E-state index in [-0.39, 0.29) is 18.2 Å². The second-order valence-electron chi connectivity index (χ2n) is 6.11. The van der Waals surface area contributed by atoms with Crippen molar-refractivity contribution in [2.45, 2.75) is 46.1 Å². The van der Waals surface area contributed by atoms with Crippen molar-refractivity contribution in [3.05, 3.63) is 47.0 Å². The van der Waals surface area contributed by atoms with Gasteiger partial charge in [-0.2, -0.15) is 5.10 Å². The molecule has 1 aromatic heterocycles. The Bertz CT molecular complexity index is 834. The van der Waals surface area contributed by atoms with Gasteiger partial charge in [0.2, 0.25) is 0 Å². The zero-order valence-corrected chi connectivity index (χ0v) is 16.1. The van der Waals surface area contributed by atoms with Crippen molar-refractivity contribution < 1.29 is 13.9 Å². The SMILES string of the molecule is CCCC#CCCOc1cccc(CNC(=O)c2cc(CC)nn2C)c1F. The fourth-order valence-electron chi connectivity index (χ4n) is 2.50. The van der Waals surface area contributed by atoms with Gasteiger partial charge >= 0.3 is 0 Å². The average molecular weight is 371 g/mol. The molecule has 27 heavy (non-hydrogen) atoms. The number of ether oxygens (including phenoxy) is 1. The molecule has 0 aliphatic carbocycles. The molecule has 144 valence electrons. The second-order valence-corrected chi connectivity index (χ2v) is 6.11. The van der Waals surface area contributed by atoms with Gasteiger partial charge in [-0.1, -0.05) is 31.9 Å². The maximum absolute atomic E-state index is 14.6. The molecule has 0 saturated heterocycles. The van der Waals surface area contributed by atoms with Crippen LogP contribution in [0.3, 0.4) is 0 Å². The number of carbonyl (C=O) groups is 1. The summed E-state index contributed by atoms with van der Waals surface area (Å²) in [7, 11) is 1.71. The van der Waals surface area contributed by atoms with Crippen molar-refractivity contribution in [3.8, 4) is 17.6 Å². The zero-order valence-electron chi connectivity index (χ0n) is 16.1. The third-order valence-electron chi connectivity index (χ3n) is 3.99. The molecule has 5 nitrogen and oxygen atoms in total. The highest BCUT2D eigenvalue weighted by Crippen LogP contribution is 2.20. The largest absolute Gasteiger partial charge is 0.490 e. The molecular formula is C21H26FN3O2. The van der Waals surface area contributed by atoms with Gasteiger partial charge in [0.05, 0.1) is 12.3 Å². The second kappa shape index (κ2) is 10.4. The number of hydrogen-bond donors (Lipinski definition) is 1. The van der Waals surface area contributed by atoms with Crippen LogP contribution in [-0.2, 0) is 20.0 Å². The summed E-state index contributed by atoms with van der Waals surface area (Å²) in [5.74, 6) is 5.45. The van der Waals surface area contributed by atoms with Gasteiger partial charge < -0.3 is 10.1 Å². The monoisotopic (exact) mass is 371 g/mol. The van der Waals surface area contributed by atoms with Crippen molar-refractivity contribution in [3.63, 3.8) is 0 Å². The van der Waals surface area contributed by atoms with E-state index in [2.05, 4.69) is 29.2 Å². The van der Waals surface area contributed by atoms with Crippen molar-refractivity contribution in [2.75, 3.05) is 6.61 Å². The van der Waals surface area contributed by atoms with Crippen LogP contribution in [0.2, 0.25) is 0 Å². The molecular weight excluding hydrogens is 345 g/mol. The Kier molecular flexibility index (Phi) is 7.87. The molecule has 0 saturated carbocycles. The molecule has 2 aromatic rings. The van der Waals surface area contributed by atoms with E-state index in [1.54, 1.807) is 31.3 Å². The summed E-state index contributed by atoms with van der Waals surface area (Å²) >= 11 is 0. The quantitative estimate of drug-likeness (QED) is 0.570. The van der Waals surface area contributed by atoms with E-state index < -0.39 is 5.82 Å². The highest BCUT2D eigenvalue weighted by Gasteiger charge is 2.14. The molecule has 0 spiro atoms. The van der Waals surface area contributed by atoms with Gasteiger partial charge in [-0.15, -0.1) is 5.92 Å². The summed E-state index contributed by atoms with van der Waals surface area (Å²) in [6, 6.07) is 6.66. The first kappa shape index (κ1) is 20.5. The van der Waals surface area contributed by atoms with Crippen molar-refractivity contribution >= 4 is 5.91 Å². The highest BCUT2D eigenvalue weighted by molar-refractivity contribution is 5.92. The van der Waals surface area contributed by atoms with E-state index in [0.717, 1.165) is 25.0 Å². The van der Waals surface area contributed by atoms with Gasteiger partial charge in [-0.25, -0.2) is 4.39 Å². The molecule has 0 aliphatic heterocycles. The molecule has 1 amide bonds. The summed E-state index contributed by atoms with van der Waals surface area (Å²) in [5.41, 5.74) is 1.66. The summed E-state index contributed by atoms with van der Waals surface area (Å²) < 4.78 is 21.6. The van der Waals surface area contributed by atoms with Crippen LogP contribution in [0.25, 0.3) is 0 Å². The van der Waals surface area contributed by atoms with Crippen LogP contribution < -0.4 is 10.1 Å². The lowest BCUT2D eigenvalue weighted by Crippen LogP contribution is -2.25. The minimum atomic E-state index is -0.460. The van der Waals surface area contributed by atoms with Crippen molar-refractivity contribution in [1.29, 1.82) is 0 Å². The molecule has 2 rings (SSSR count). The van der Waals surface area contributed by atoms with Crippen LogP contribution in [0.4, 0.5) is 4.39 Å². The molecule has 1 N–H and O–H groups in total. The smallest absolute Gasteiger partial charge is 0.269 e. The molecule has 1 aromatic carbocycles. The number of halogens is 1. The maximum atomic E-state index is 14.6. The Labute approximate surface area is 159 Å². The topological polar surface area (TPSA) is 56.1 Å². The van der Waals surface area contributed by atoms with Crippen LogP contribution in [0.15, 0.2) is 24.3 Å². The maximum Gasteiger partial charge on any atom is 0.269 e. The number of aryl methyl sites for hydroxylation is 2. The number of nitrogens with zero attached hydrogens (tertiary/aromatic N) is 2. The highest BCUT2D eigenvalue weighted by atomic mass is 19.1. The standard InChI is InChI=1S/C21H26FN3O2/c1-4-6-7-8-9-13-27-19-12-10-11-16(20(19)22)15-23-21(26)18-14-17(5-2)24-25(18)3/h10-12,14H,4-6,9,13,15H2,1-3H3,(H,23,26). The Morgan fingerprint density at radius 1 is 1.30 bits per heavy atom. The minimum absolute atomic E-state index is 0.0742. The molecule has 0 unspecified atom stereocenters. The summed E-state index contributed by atoms with van der Waals surface area (Å²) in [6.45, 7) is 4.45. The molecule has 0 radical (unpaired) electrons. The van der Waals surface area contributed by atoms with Gasteiger partial charge in [-0.05, 0) is 25.0 Å². The summed E-state index contributed by atoms with van der Waals surface area (Å²) in [4.78, 5) is 12.3. The lowest BCUT2D eigenvalue weighted by Gasteiger charge is -2.10. The Morgan fingerprint density at radius 2 is 2.07 bits per heavy atom. The first-order valence-corrected chi connectivity index (χ1v) is 9.23. The van der Waals surface area contributed by atoms with Gasteiger partial charge in [0.15, 0.2) is 11.6 Å². The van der Waals surface area contributed by atoms with Gasteiger partial charge in [0.25, 0.3) is 5.91 Å². The minimum Gasteiger partial charge on any atom is -0.490 e. The van der Waals surface area contributed by atoms with Crippen LogP contribution in [0.5, 0.6) is 5.75 Å². The molecule has 0 fully saturated rings. The molecule has 0 aliphatic rings. The van der Waals surface area contributed by atoms with E-state index in [0.29, 0.717) is 24.3 Å². The number of aromatic nitrogens is 2. The van der Waals surface area contributed by atoms with Gasteiger partial charge in [0, 0.05) is 32.0 Å². The Morgan fingerprint density at radius 3 is 2.78 bits per heavy atom. The van der Waals surface area contributed by atoms with E-state index >= 15 is 0 Å². The normalized spacial score (nSPS) is 10.2. The number of amides is 1. The number of rotatable bonds is 8.